The third-order valence-corrected chi connectivity index (χ3v) is 5.08. The Morgan fingerprint density at radius 1 is 1.30 bits per heavy atom. The van der Waals surface area contributed by atoms with Crippen molar-refractivity contribution in [3.63, 3.8) is 0 Å². The van der Waals surface area contributed by atoms with Crippen molar-refractivity contribution < 1.29 is 14.6 Å². The van der Waals surface area contributed by atoms with E-state index in [9.17, 15) is 9.90 Å². The number of nitrogens with one attached hydrogen (secondary N) is 1. The summed E-state index contributed by atoms with van der Waals surface area (Å²) in [6.07, 6.45) is 2.65. The number of nitrogens with zero attached hydrogens (tertiary/aromatic N) is 3. The fourth-order valence-corrected chi connectivity index (χ4v) is 3.63. The van der Waals surface area contributed by atoms with Crippen LogP contribution in [0.4, 0.5) is 0 Å². The molecule has 2 saturated heterocycles. The SMILES string of the molecule is O=C(c1ccc2n[nH]nc2c1)N1CCC2(CC1)OCCC[C@@H]2O. The molecule has 2 fully saturated rings. The minimum Gasteiger partial charge on any atom is -0.390 e. The Labute approximate surface area is 133 Å². The molecule has 2 aromatic rings. The first-order valence-corrected chi connectivity index (χ1v) is 8.10. The highest BCUT2D eigenvalue weighted by Gasteiger charge is 2.44. The molecule has 0 radical (unpaired) electrons. The summed E-state index contributed by atoms with van der Waals surface area (Å²) in [6, 6.07) is 5.34. The topological polar surface area (TPSA) is 91.3 Å². The molecule has 1 aromatic carbocycles. The Morgan fingerprint density at radius 2 is 2.09 bits per heavy atom. The second-order valence-electron chi connectivity index (χ2n) is 6.39. The van der Waals surface area contributed by atoms with Crippen molar-refractivity contribution in [2.75, 3.05) is 19.7 Å². The molecule has 0 unspecified atom stereocenters. The highest BCUT2D eigenvalue weighted by atomic mass is 16.5. The van der Waals surface area contributed by atoms with Crippen molar-refractivity contribution in [3.05, 3.63) is 23.8 Å². The van der Waals surface area contributed by atoms with Crippen molar-refractivity contribution in [2.24, 2.45) is 0 Å². The quantitative estimate of drug-likeness (QED) is 0.822. The van der Waals surface area contributed by atoms with Crippen LogP contribution in [0.5, 0.6) is 0 Å². The number of ether oxygens (including phenoxy) is 1. The number of aromatic amines is 1. The third kappa shape index (κ3) is 2.49. The standard InChI is InChI=1S/C16H20N4O3/c21-14-2-1-9-23-16(14)5-7-20(8-6-16)15(22)11-3-4-12-13(10-11)18-19-17-12/h3-4,10,14,21H,1-2,5-9H2,(H,17,18,19)/t14-/m0/s1. The van der Waals surface area contributed by atoms with Gasteiger partial charge in [0.2, 0.25) is 0 Å². The predicted octanol–water partition coefficient (Wildman–Crippen LogP) is 1.10. The number of aliphatic hydroxyl groups is 1. The van der Waals surface area contributed by atoms with Crippen LogP contribution in [-0.4, -0.2) is 62.7 Å². The number of piperidine rings is 1. The number of amides is 1. The van der Waals surface area contributed by atoms with Gasteiger partial charge in [-0.3, -0.25) is 4.79 Å². The van der Waals surface area contributed by atoms with E-state index in [0.717, 1.165) is 18.4 Å². The molecule has 4 rings (SSSR count). The van der Waals surface area contributed by atoms with Gasteiger partial charge in [-0.1, -0.05) is 0 Å². The smallest absolute Gasteiger partial charge is 0.253 e. The van der Waals surface area contributed by atoms with Gasteiger partial charge in [0, 0.05) is 25.3 Å². The summed E-state index contributed by atoms with van der Waals surface area (Å²) in [5.74, 6) is -0.00458. The highest BCUT2D eigenvalue weighted by Crippen LogP contribution is 2.35. The minimum absolute atomic E-state index is 0.00458. The highest BCUT2D eigenvalue weighted by molar-refractivity contribution is 5.97. The number of carbonyl (C=O) groups is 1. The van der Waals surface area contributed by atoms with Gasteiger partial charge in [-0.15, -0.1) is 0 Å². The molecule has 1 amide bonds. The van der Waals surface area contributed by atoms with E-state index in [1.807, 2.05) is 4.90 Å². The van der Waals surface area contributed by atoms with Crippen LogP contribution in [0, 0.1) is 0 Å². The minimum atomic E-state index is -0.453. The predicted molar refractivity (Wildman–Crippen MR) is 83.0 cm³/mol. The summed E-state index contributed by atoms with van der Waals surface area (Å²) in [5.41, 5.74) is 1.60. The molecule has 2 aliphatic heterocycles. The van der Waals surface area contributed by atoms with Crippen LogP contribution in [0.25, 0.3) is 11.0 Å². The number of rotatable bonds is 1. The van der Waals surface area contributed by atoms with Crippen LogP contribution >= 0.6 is 0 Å². The van der Waals surface area contributed by atoms with E-state index >= 15 is 0 Å². The van der Waals surface area contributed by atoms with Crippen molar-refractivity contribution in [2.45, 2.75) is 37.4 Å². The van der Waals surface area contributed by atoms with Crippen molar-refractivity contribution in [1.82, 2.24) is 20.3 Å². The van der Waals surface area contributed by atoms with Gasteiger partial charge in [0.25, 0.3) is 5.91 Å². The number of hydrogen-bond donors (Lipinski definition) is 2. The number of hydrogen-bond acceptors (Lipinski definition) is 5. The number of benzene rings is 1. The Kier molecular flexibility index (Phi) is 3.54. The van der Waals surface area contributed by atoms with E-state index in [0.29, 0.717) is 43.6 Å². The van der Waals surface area contributed by atoms with Gasteiger partial charge in [-0.2, -0.15) is 15.4 Å². The lowest BCUT2D eigenvalue weighted by Crippen LogP contribution is -2.56. The zero-order chi connectivity index (χ0) is 15.9. The summed E-state index contributed by atoms with van der Waals surface area (Å²) >= 11 is 0. The first kappa shape index (κ1) is 14.6. The second kappa shape index (κ2) is 5.58. The van der Waals surface area contributed by atoms with Crippen molar-refractivity contribution in [3.8, 4) is 0 Å². The van der Waals surface area contributed by atoms with E-state index in [1.165, 1.54) is 0 Å². The fourth-order valence-electron chi connectivity index (χ4n) is 3.63. The van der Waals surface area contributed by atoms with Crippen molar-refractivity contribution in [1.29, 1.82) is 0 Å². The van der Waals surface area contributed by atoms with Crippen LogP contribution in [0.15, 0.2) is 18.2 Å². The number of H-pyrrole nitrogens is 1. The number of carbonyl (C=O) groups excluding carboxylic acids is 1. The average Bonchev–Trinajstić information content (AvgIpc) is 3.05. The lowest BCUT2D eigenvalue weighted by molar-refractivity contribution is -0.174. The fraction of sp³-hybridized carbons (Fsp3) is 0.562. The number of aromatic nitrogens is 3. The lowest BCUT2D eigenvalue weighted by atomic mass is 9.82. The molecule has 0 saturated carbocycles. The first-order chi connectivity index (χ1) is 11.2. The molecule has 7 heteroatoms. The molecule has 2 aliphatic rings. The number of aliphatic hydroxyl groups excluding tert-OH is 1. The average molecular weight is 316 g/mol. The molecule has 23 heavy (non-hydrogen) atoms. The molecule has 0 bridgehead atoms. The molecule has 3 heterocycles. The molecule has 7 nitrogen and oxygen atoms in total. The van der Waals surface area contributed by atoms with E-state index in [1.54, 1.807) is 18.2 Å². The Balaban J connectivity index is 1.48. The van der Waals surface area contributed by atoms with Crippen LogP contribution in [0.3, 0.4) is 0 Å². The van der Waals surface area contributed by atoms with E-state index in [4.69, 9.17) is 4.74 Å². The summed E-state index contributed by atoms with van der Waals surface area (Å²) in [5, 5.41) is 20.8. The maximum absolute atomic E-state index is 12.7. The largest absolute Gasteiger partial charge is 0.390 e. The summed E-state index contributed by atoms with van der Waals surface area (Å²) in [7, 11) is 0. The van der Waals surface area contributed by atoms with E-state index in [-0.39, 0.29) is 5.91 Å². The Morgan fingerprint density at radius 3 is 2.87 bits per heavy atom. The first-order valence-electron chi connectivity index (χ1n) is 8.10. The van der Waals surface area contributed by atoms with Crippen molar-refractivity contribution >= 4 is 16.9 Å². The van der Waals surface area contributed by atoms with Crippen LogP contribution < -0.4 is 0 Å². The molecule has 1 spiro atoms. The maximum Gasteiger partial charge on any atom is 0.253 e. The number of fused-ring (bicyclic) bond motifs is 1. The third-order valence-electron chi connectivity index (χ3n) is 5.08. The Bertz CT molecular complexity index is 721. The summed E-state index contributed by atoms with van der Waals surface area (Å²) < 4.78 is 5.89. The van der Waals surface area contributed by atoms with Gasteiger partial charge in [0.15, 0.2) is 0 Å². The number of likely N-dealkylation sites (tertiary alicyclic amines) is 1. The maximum atomic E-state index is 12.7. The summed E-state index contributed by atoms with van der Waals surface area (Å²) in [6.45, 7) is 1.91. The zero-order valence-electron chi connectivity index (χ0n) is 12.9. The Hall–Kier alpha value is -1.99. The van der Waals surface area contributed by atoms with Crippen LogP contribution in [-0.2, 0) is 4.74 Å². The molecule has 122 valence electrons. The van der Waals surface area contributed by atoms with Crippen LogP contribution in [0.1, 0.15) is 36.0 Å². The zero-order valence-corrected chi connectivity index (χ0v) is 12.9. The molecule has 2 N–H and O–H groups in total. The molecule has 0 aliphatic carbocycles. The van der Waals surface area contributed by atoms with Crippen LogP contribution in [0.2, 0.25) is 0 Å². The lowest BCUT2D eigenvalue weighted by Gasteiger charge is -2.46. The van der Waals surface area contributed by atoms with Gasteiger partial charge in [0.05, 0.1) is 11.7 Å². The summed E-state index contributed by atoms with van der Waals surface area (Å²) in [4.78, 5) is 14.5. The molecular formula is C16H20N4O3. The molecule has 1 atom stereocenters. The van der Waals surface area contributed by atoms with Gasteiger partial charge in [-0.25, -0.2) is 0 Å². The monoisotopic (exact) mass is 316 g/mol. The normalized spacial score (nSPS) is 24.2. The van der Waals surface area contributed by atoms with Gasteiger partial charge in [0.1, 0.15) is 11.0 Å². The van der Waals surface area contributed by atoms with Gasteiger partial charge in [-0.05, 0) is 43.9 Å². The molecular weight excluding hydrogens is 296 g/mol. The van der Waals surface area contributed by atoms with Gasteiger partial charge < -0.3 is 14.7 Å². The molecule has 1 aromatic heterocycles. The van der Waals surface area contributed by atoms with Gasteiger partial charge >= 0.3 is 0 Å². The van der Waals surface area contributed by atoms with E-state index < -0.39 is 11.7 Å². The second-order valence-corrected chi connectivity index (χ2v) is 6.39. The van der Waals surface area contributed by atoms with E-state index in [2.05, 4.69) is 15.4 Å².